The highest BCUT2D eigenvalue weighted by atomic mass is 127. The van der Waals surface area contributed by atoms with Crippen LogP contribution in [0.3, 0.4) is 0 Å². The van der Waals surface area contributed by atoms with Gasteiger partial charge in [0.05, 0.1) is 24.4 Å². The van der Waals surface area contributed by atoms with Gasteiger partial charge in [0.25, 0.3) is 11.6 Å². The van der Waals surface area contributed by atoms with Crippen molar-refractivity contribution in [3.8, 4) is 0 Å². The quantitative estimate of drug-likeness (QED) is 0.307. The van der Waals surface area contributed by atoms with Crippen molar-refractivity contribution >= 4 is 46.1 Å². The lowest BCUT2D eigenvalue weighted by molar-refractivity contribution is -0.384. The normalized spacial score (nSPS) is 14.3. The van der Waals surface area contributed by atoms with Gasteiger partial charge in [0.1, 0.15) is 5.69 Å². The molecule has 9 heteroatoms. The number of halogens is 1. The van der Waals surface area contributed by atoms with Gasteiger partial charge in [0, 0.05) is 33.9 Å². The van der Waals surface area contributed by atoms with Crippen molar-refractivity contribution in [3.63, 3.8) is 0 Å². The average Bonchev–Trinajstić information content (AvgIpc) is 2.68. The Balaban J connectivity index is 1.73. The average molecular weight is 480 g/mol. The molecule has 1 heterocycles. The molecule has 0 aliphatic carbocycles. The number of anilines is 1. The summed E-state index contributed by atoms with van der Waals surface area (Å²) in [7, 11) is 0. The Kier molecular flexibility index (Phi) is 6.35. The highest BCUT2D eigenvalue weighted by Crippen LogP contribution is 2.29. The van der Waals surface area contributed by atoms with E-state index in [9.17, 15) is 14.9 Å². The molecule has 1 fully saturated rings. The first-order valence-corrected chi connectivity index (χ1v) is 9.32. The molecular formula is C18H17IN4O4. The molecule has 0 unspecified atom stereocenters. The zero-order chi connectivity index (χ0) is 19.2. The van der Waals surface area contributed by atoms with Crippen molar-refractivity contribution in [2.75, 3.05) is 31.2 Å². The number of nitro groups is 1. The molecule has 1 N–H and O–H groups in total. The zero-order valence-corrected chi connectivity index (χ0v) is 16.5. The number of benzene rings is 2. The van der Waals surface area contributed by atoms with E-state index in [1.165, 1.54) is 12.3 Å². The largest absolute Gasteiger partial charge is 0.378 e. The Bertz CT molecular complexity index is 881. The number of morpholine rings is 1. The first-order valence-electron chi connectivity index (χ1n) is 8.25. The van der Waals surface area contributed by atoms with Crippen molar-refractivity contribution in [3.05, 3.63) is 67.3 Å². The number of carbonyl (C=O) groups excluding carboxylic acids is 1. The number of carbonyl (C=O) groups is 1. The maximum atomic E-state index is 12.1. The fraction of sp³-hybridized carbons (Fsp3) is 0.222. The molecule has 0 spiro atoms. The van der Waals surface area contributed by atoms with E-state index in [0.717, 1.165) is 3.57 Å². The fourth-order valence-corrected chi connectivity index (χ4v) is 3.24. The Morgan fingerprint density at radius 2 is 2.04 bits per heavy atom. The summed E-state index contributed by atoms with van der Waals surface area (Å²) in [5, 5.41) is 15.4. The Morgan fingerprint density at radius 1 is 1.26 bits per heavy atom. The molecule has 0 aromatic heterocycles. The number of hydrogen-bond acceptors (Lipinski definition) is 6. The van der Waals surface area contributed by atoms with Crippen LogP contribution in [0, 0.1) is 13.7 Å². The third-order valence-electron chi connectivity index (χ3n) is 4.01. The van der Waals surface area contributed by atoms with Crippen molar-refractivity contribution in [2.45, 2.75) is 0 Å². The molecule has 140 valence electrons. The first kappa shape index (κ1) is 19.2. The van der Waals surface area contributed by atoms with Crippen LogP contribution in [0.4, 0.5) is 11.4 Å². The number of nitrogens with one attached hydrogen (secondary N) is 1. The molecule has 2 aromatic rings. The predicted molar refractivity (Wildman–Crippen MR) is 110 cm³/mol. The molecular weight excluding hydrogens is 463 g/mol. The van der Waals surface area contributed by atoms with Crippen molar-refractivity contribution in [2.24, 2.45) is 5.10 Å². The summed E-state index contributed by atoms with van der Waals surface area (Å²) in [6.45, 7) is 2.32. The summed E-state index contributed by atoms with van der Waals surface area (Å²) < 4.78 is 6.23. The van der Waals surface area contributed by atoms with E-state index >= 15 is 0 Å². The second-order valence-electron chi connectivity index (χ2n) is 5.81. The van der Waals surface area contributed by atoms with E-state index in [1.54, 1.807) is 30.3 Å². The Hall–Kier alpha value is -2.53. The minimum atomic E-state index is -0.410. The van der Waals surface area contributed by atoms with Gasteiger partial charge in [-0.1, -0.05) is 12.1 Å². The molecule has 0 bridgehead atoms. The molecule has 27 heavy (non-hydrogen) atoms. The van der Waals surface area contributed by atoms with Crippen LogP contribution >= 0.6 is 22.6 Å². The smallest absolute Gasteiger partial charge is 0.293 e. The van der Waals surface area contributed by atoms with E-state index in [0.29, 0.717) is 43.1 Å². The third kappa shape index (κ3) is 5.01. The second kappa shape index (κ2) is 8.91. The van der Waals surface area contributed by atoms with Gasteiger partial charge in [-0.15, -0.1) is 0 Å². The molecule has 1 aliphatic heterocycles. The number of hydrogen-bond donors (Lipinski definition) is 1. The minimum Gasteiger partial charge on any atom is -0.378 e. The van der Waals surface area contributed by atoms with Gasteiger partial charge in [-0.05, 0) is 46.9 Å². The van der Waals surface area contributed by atoms with Crippen LogP contribution in [0.15, 0.2) is 47.6 Å². The number of ether oxygens (including phenoxy) is 1. The van der Waals surface area contributed by atoms with Crippen LogP contribution in [0.2, 0.25) is 0 Å². The number of nitro benzene ring substituents is 1. The van der Waals surface area contributed by atoms with Gasteiger partial charge < -0.3 is 9.64 Å². The lowest BCUT2D eigenvalue weighted by Gasteiger charge is -2.28. The van der Waals surface area contributed by atoms with Crippen molar-refractivity contribution in [1.82, 2.24) is 5.43 Å². The monoisotopic (exact) mass is 480 g/mol. The zero-order valence-electron chi connectivity index (χ0n) is 14.3. The summed E-state index contributed by atoms with van der Waals surface area (Å²) in [4.78, 5) is 25.0. The second-order valence-corrected chi connectivity index (χ2v) is 7.06. The molecule has 0 saturated carbocycles. The van der Waals surface area contributed by atoms with Gasteiger partial charge in [-0.25, -0.2) is 5.43 Å². The van der Waals surface area contributed by atoms with E-state index in [-0.39, 0.29) is 11.6 Å². The van der Waals surface area contributed by atoms with Crippen LogP contribution in [-0.2, 0) is 4.74 Å². The van der Waals surface area contributed by atoms with Gasteiger partial charge in [0.2, 0.25) is 0 Å². The molecule has 0 radical (unpaired) electrons. The highest BCUT2D eigenvalue weighted by molar-refractivity contribution is 14.1. The van der Waals surface area contributed by atoms with Gasteiger partial charge in [-0.2, -0.15) is 5.10 Å². The van der Waals surface area contributed by atoms with Gasteiger partial charge >= 0.3 is 0 Å². The number of hydrazone groups is 1. The lowest BCUT2D eigenvalue weighted by atomic mass is 10.1. The molecule has 2 aromatic carbocycles. The molecule has 3 rings (SSSR count). The minimum absolute atomic E-state index is 0.00443. The summed E-state index contributed by atoms with van der Waals surface area (Å²) in [5.74, 6) is -0.343. The number of amides is 1. The standard InChI is InChI=1S/C18H17IN4O4/c19-15-3-1-2-14(11-15)18(24)21-20-12-13-4-5-16(17(10-13)23(25)26)22-6-8-27-9-7-22/h1-5,10-12H,6-9H2,(H,21,24)/b20-12-. The summed E-state index contributed by atoms with van der Waals surface area (Å²) in [6.07, 6.45) is 1.39. The number of nitrogens with zero attached hydrogens (tertiary/aromatic N) is 3. The van der Waals surface area contributed by atoms with Gasteiger partial charge in [0.15, 0.2) is 0 Å². The Morgan fingerprint density at radius 3 is 2.74 bits per heavy atom. The van der Waals surface area contributed by atoms with E-state index in [4.69, 9.17) is 4.74 Å². The molecule has 1 aliphatic rings. The maximum absolute atomic E-state index is 12.1. The lowest BCUT2D eigenvalue weighted by Crippen LogP contribution is -2.36. The van der Waals surface area contributed by atoms with Crippen LogP contribution in [0.1, 0.15) is 15.9 Å². The molecule has 8 nitrogen and oxygen atoms in total. The van der Waals surface area contributed by atoms with Crippen molar-refractivity contribution < 1.29 is 14.5 Å². The van der Waals surface area contributed by atoms with Crippen LogP contribution in [0.5, 0.6) is 0 Å². The molecule has 0 atom stereocenters. The number of rotatable bonds is 5. The van der Waals surface area contributed by atoms with Gasteiger partial charge in [-0.3, -0.25) is 14.9 Å². The van der Waals surface area contributed by atoms with Crippen LogP contribution < -0.4 is 10.3 Å². The Labute approximate surface area is 169 Å². The summed E-state index contributed by atoms with van der Waals surface area (Å²) in [5.41, 5.74) is 4.02. The summed E-state index contributed by atoms with van der Waals surface area (Å²) in [6, 6.07) is 12.0. The first-order chi connectivity index (χ1) is 13.0. The molecule has 1 amide bonds. The summed E-state index contributed by atoms with van der Waals surface area (Å²) >= 11 is 2.12. The third-order valence-corrected chi connectivity index (χ3v) is 4.69. The van der Waals surface area contributed by atoms with E-state index in [1.807, 2.05) is 11.0 Å². The SMILES string of the molecule is O=C(N/N=C\c1ccc(N2CCOCC2)c([N+](=O)[O-])c1)c1cccc(I)c1. The van der Waals surface area contributed by atoms with E-state index < -0.39 is 4.92 Å². The molecule has 1 saturated heterocycles. The van der Waals surface area contributed by atoms with Crippen LogP contribution in [0.25, 0.3) is 0 Å². The van der Waals surface area contributed by atoms with Crippen molar-refractivity contribution in [1.29, 1.82) is 0 Å². The predicted octanol–water partition coefficient (Wildman–Crippen LogP) is 2.80. The highest BCUT2D eigenvalue weighted by Gasteiger charge is 2.21. The van der Waals surface area contributed by atoms with Crippen LogP contribution in [-0.4, -0.2) is 43.3 Å². The van der Waals surface area contributed by atoms with E-state index in [2.05, 4.69) is 33.1 Å². The maximum Gasteiger partial charge on any atom is 0.293 e. The topological polar surface area (TPSA) is 97.1 Å². The fourth-order valence-electron chi connectivity index (χ4n) is 2.70.